The Morgan fingerprint density at radius 2 is 1.20 bits per heavy atom. The molecule has 4 amide bonds. The summed E-state index contributed by atoms with van der Waals surface area (Å²) in [7, 11) is 3.72. The van der Waals surface area contributed by atoms with E-state index < -0.39 is 29.3 Å². The van der Waals surface area contributed by atoms with Gasteiger partial charge in [0.2, 0.25) is 11.9 Å². The van der Waals surface area contributed by atoms with Gasteiger partial charge in [-0.3, -0.25) is 9.59 Å². The summed E-state index contributed by atoms with van der Waals surface area (Å²) in [6.45, 7) is 11.1. The Kier molecular flexibility index (Phi) is 12.0. The van der Waals surface area contributed by atoms with Crippen molar-refractivity contribution < 1.29 is 28.7 Å². The topological polar surface area (TPSA) is 233 Å². The van der Waals surface area contributed by atoms with Gasteiger partial charge in [-0.05, 0) is 94.5 Å². The molecule has 0 atom stereocenters. The number of carbonyl (C=O) groups is 4. The number of nitrogens with two attached hydrogens (primary N) is 3. The molecule has 60 heavy (non-hydrogen) atoms. The van der Waals surface area contributed by atoms with E-state index in [1.807, 2.05) is 35.4 Å². The normalized spacial score (nSPS) is 13.7. The van der Waals surface area contributed by atoms with Gasteiger partial charge in [-0.15, -0.1) is 0 Å². The smallest absolute Gasteiger partial charge is 0.417 e. The standard InChI is InChI=1S/C25H26N6O3.C17H20IN5O3/c1-25(2,3)34-24(33)31-11-10-19-18(22(31)32)13-20(30(19)4)21-16(14-28-23(27)29-21)9-8-15-6-5-7-17(26)12-15;1-17(2,3)26-16(25)23-6-5-11-9(14(23)24)7-12(22(11)4)13-10(18)8-20-15(19)21-13/h5-7,12-14H,10-11,26H2,1-4H3,(H2,27,28,29);7-8H,5-6H2,1-4H3,(H2,19,20,21). The first kappa shape index (κ1) is 43.1. The van der Waals surface area contributed by atoms with Crippen molar-refractivity contribution in [3.05, 3.63) is 86.0 Å². The van der Waals surface area contributed by atoms with E-state index in [1.54, 1.807) is 78.2 Å². The number of rotatable bonds is 2. The first-order valence-corrected chi connectivity index (χ1v) is 20.0. The Morgan fingerprint density at radius 1 is 0.717 bits per heavy atom. The number of aromatic nitrogens is 6. The molecule has 6 N–H and O–H groups in total. The molecule has 2 aliphatic rings. The summed E-state index contributed by atoms with van der Waals surface area (Å²) >= 11 is 2.13. The minimum atomic E-state index is -0.699. The number of imide groups is 2. The van der Waals surface area contributed by atoms with Crippen molar-refractivity contribution >= 4 is 64.2 Å². The molecule has 0 bridgehead atoms. The fourth-order valence-electron chi connectivity index (χ4n) is 6.63. The number of carbonyl (C=O) groups excluding carboxylic acids is 4. The number of nitrogens with zero attached hydrogens (tertiary/aromatic N) is 8. The molecule has 6 heterocycles. The summed E-state index contributed by atoms with van der Waals surface area (Å²) in [5.74, 6) is 5.64. The van der Waals surface area contributed by atoms with Gasteiger partial charge in [0.15, 0.2) is 0 Å². The van der Waals surface area contributed by atoms with E-state index in [2.05, 4.69) is 54.4 Å². The Balaban J connectivity index is 0.000000209. The van der Waals surface area contributed by atoms with Gasteiger partial charge in [0.05, 0.1) is 31.6 Å². The molecule has 0 spiro atoms. The van der Waals surface area contributed by atoms with Gasteiger partial charge in [-0.1, -0.05) is 17.9 Å². The predicted molar refractivity (Wildman–Crippen MR) is 233 cm³/mol. The lowest BCUT2D eigenvalue weighted by molar-refractivity contribution is 0.0215. The minimum absolute atomic E-state index is 0.0883. The largest absolute Gasteiger partial charge is 0.443 e. The van der Waals surface area contributed by atoms with Crippen molar-refractivity contribution in [1.82, 2.24) is 38.9 Å². The molecule has 0 radical (unpaired) electrons. The van der Waals surface area contributed by atoms with E-state index in [9.17, 15) is 19.2 Å². The number of benzene rings is 1. The molecule has 312 valence electrons. The highest BCUT2D eigenvalue weighted by Crippen LogP contribution is 2.33. The van der Waals surface area contributed by atoms with Crippen LogP contribution < -0.4 is 17.2 Å². The van der Waals surface area contributed by atoms with Crippen LogP contribution in [-0.2, 0) is 36.4 Å². The number of ether oxygens (including phenoxy) is 2. The molecule has 18 heteroatoms. The highest BCUT2D eigenvalue weighted by molar-refractivity contribution is 14.1. The SMILES string of the molecule is Cn1c(-c2nc(N)ncc2C#Cc2cccc(N)c2)cc2c1CCN(C(=O)OC(C)(C)C)C2=O.Cn1c(-c2nc(N)ncc2I)cc2c1CCN(C(=O)OC(C)(C)C)C2=O. The lowest BCUT2D eigenvalue weighted by Gasteiger charge is -2.28. The van der Waals surface area contributed by atoms with Crippen LogP contribution in [0.25, 0.3) is 22.8 Å². The molecular formula is C42H46IN11O6. The van der Waals surface area contributed by atoms with Gasteiger partial charge in [-0.25, -0.2) is 39.3 Å². The first-order chi connectivity index (χ1) is 28.1. The van der Waals surface area contributed by atoms with Crippen LogP contribution >= 0.6 is 22.6 Å². The summed E-state index contributed by atoms with van der Waals surface area (Å²) < 4.78 is 15.4. The number of nitrogen functional groups attached to an aromatic ring is 3. The average Bonchev–Trinajstić information content (AvgIpc) is 3.68. The van der Waals surface area contributed by atoms with Crippen LogP contribution in [0.15, 0.2) is 48.8 Å². The van der Waals surface area contributed by atoms with Crippen molar-refractivity contribution in [2.75, 3.05) is 30.3 Å². The number of anilines is 3. The molecule has 0 aliphatic carbocycles. The Labute approximate surface area is 360 Å². The van der Waals surface area contributed by atoms with Crippen molar-refractivity contribution in [1.29, 1.82) is 0 Å². The summed E-state index contributed by atoms with van der Waals surface area (Å²) in [6, 6.07) is 10.7. The zero-order chi connectivity index (χ0) is 43.8. The fraction of sp³-hybridized carbons (Fsp3) is 0.333. The molecule has 4 aromatic heterocycles. The summed E-state index contributed by atoms with van der Waals surface area (Å²) in [4.78, 5) is 69.9. The summed E-state index contributed by atoms with van der Waals surface area (Å²) in [6.07, 6.45) is 2.94. The van der Waals surface area contributed by atoms with Gasteiger partial charge in [-0.2, -0.15) is 0 Å². The fourth-order valence-corrected chi connectivity index (χ4v) is 7.16. The molecule has 5 aromatic rings. The third kappa shape index (κ3) is 9.36. The predicted octanol–water partition coefficient (Wildman–Crippen LogP) is 5.58. The van der Waals surface area contributed by atoms with Crippen LogP contribution in [0.2, 0.25) is 0 Å². The van der Waals surface area contributed by atoms with E-state index in [0.29, 0.717) is 52.3 Å². The minimum Gasteiger partial charge on any atom is -0.443 e. The van der Waals surface area contributed by atoms with Crippen molar-refractivity contribution in [3.8, 4) is 34.6 Å². The Bertz CT molecular complexity index is 2610. The van der Waals surface area contributed by atoms with Crippen molar-refractivity contribution in [3.63, 3.8) is 0 Å². The molecule has 17 nitrogen and oxygen atoms in total. The molecule has 0 fully saturated rings. The lowest BCUT2D eigenvalue weighted by Crippen LogP contribution is -2.44. The summed E-state index contributed by atoms with van der Waals surface area (Å²) in [5, 5.41) is 0. The maximum absolute atomic E-state index is 13.1. The van der Waals surface area contributed by atoms with E-state index in [4.69, 9.17) is 26.7 Å². The second-order valence-electron chi connectivity index (χ2n) is 16.1. The molecular weight excluding hydrogens is 881 g/mol. The second-order valence-corrected chi connectivity index (χ2v) is 17.2. The van der Waals surface area contributed by atoms with E-state index in [0.717, 1.165) is 36.0 Å². The first-order valence-electron chi connectivity index (χ1n) is 18.9. The van der Waals surface area contributed by atoms with E-state index in [-0.39, 0.29) is 30.9 Å². The number of hydrogen-bond acceptors (Lipinski definition) is 13. The molecule has 0 saturated heterocycles. The molecule has 1 aromatic carbocycles. The van der Waals surface area contributed by atoms with Gasteiger partial charge in [0, 0.05) is 75.1 Å². The second kappa shape index (κ2) is 16.6. The Hall–Kier alpha value is -6.49. The molecule has 2 aliphatic heterocycles. The number of halogens is 1. The lowest BCUT2D eigenvalue weighted by atomic mass is 10.1. The number of hydrogen-bond donors (Lipinski definition) is 3. The van der Waals surface area contributed by atoms with Gasteiger partial charge in [0.1, 0.15) is 22.6 Å². The zero-order valence-electron chi connectivity index (χ0n) is 34.6. The molecule has 0 saturated carbocycles. The monoisotopic (exact) mass is 927 g/mol. The van der Waals surface area contributed by atoms with E-state index in [1.165, 1.54) is 0 Å². The number of fused-ring (bicyclic) bond motifs is 2. The highest BCUT2D eigenvalue weighted by Gasteiger charge is 2.37. The van der Waals surface area contributed by atoms with Crippen LogP contribution in [0.5, 0.6) is 0 Å². The van der Waals surface area contributed by atoms with Gasteiger partial charge < -0.3 is 35.8 Å². The van der Waals surface area contributed by atoms with Gasteiger partial charge in [0.25, 0.3) is 11.8 Å². The van der Waals surface area contributed by atoms with Crippen LogP contribution in [0.3, 0.4) is 0 Å². The third-order valence-electron chi connectivity index (χ3n) is 9.32. The quantitative estimate of drug-likeness (QED) is 0.112. The molecule has 7 rings (SSSR count). The van der Waals surface area contributed by atoms with Gasteiger partial charge >= 0.3 is 12.2 Å². The highest BCUT2D eigenvalue weighted by atomic mass is 127. The maximum atomic E-state index is 13.1. The van der Waals surface area contributed by atoms with Crippen molar-refractivity contribution in [2.24, 2.45) is 14.1 Å². The van der Waals surface area contributed by atoms with Crippen LogP contribution in [-0.4, -0.2) is 87.2 Å². The molecule has 0 unspecified atom stereocenters. The zero-order valence-corrected chi connectivity index (χ0v) is 36.7. The third-order valence-corrected chi connectivity index (χ3v) is 10.1. The average molecular weight is 928 g/mol. The summed E-state index contributed by atoms with van der Waals surface area (Å²) in [5.41, 5.74) is 23.1. The van der Waals surface area contributed by atoms with Crippen LogP contribution in [0, 0.1) is 15.4 Å². The van der Waals surface area contributed by atoms with Crippen molar-refractivity contribution in [2.45, 2.75) is 65.6 Å². The maximum Gasteiger partial charge on any atom is 0.417 e. The van der Waals surface area contributed by atoms with Crippen LogP contribution in [0.4, 0.5) is 27.2 Å². The Morgan fingerprint density at radius 3 is 1.70 bits per heavy atom. The van der Waals surface area contributed by atoms with E-state index >= 15 is 0 Å². The number of amides is 4. The van der Waals surface area contributed by atoms with Crippen LogP contribution in [0.1, 0.15) is 84.8 Å².